The van der Waals surface area contributed by atoms with Gasteiger partial charge in [0.15, 0.2) is 0 Å². The number of anilines is 3. The first-order chi connectivity index (χ1) is 13.2. The van der Waals surface area contributed by atoms with E-state index in [1.807, 2.05) is 31.2 Å². The molecule has 0 saturated heterocycles. The Labute approximate surface area is 160 Å². The first-order valence-electron chi connectivity index (χ1n) is 9.31. The molecule has 2 heterocycles. The van der Waals surface area contributed by atoms with Gasteiger partial charge in [-0.05, 0) is 37.5 Å². The van der Waals surface area contributed by atoms with Crippen LogP contribution in [0.4, 0.5) is 17.5 Å². The molecule has 0 amide bonds. The molecular weight excluding hydrogens is 336 g/mol. The van der Waals surface area contributed by atoms with Crippen LogP contribution in [-0.2, 0) is 13.0 Å². The van der Waals surface area contributed by atoms with E-state index < -0.39 is 0 Å². The molecular formula is C22H24N4O. The van der Waals surface area contributed by atoms with Crippen LogP contribution in [0.25, 0.3) is 0 Å². The second-order valence-corrected chi connectivity index (χ2v) is 6.74. The SMILES string of the molecule is COc1ccccc1CNc1cc(C)nc(N2CCCc3ccccc32)n1. The van der Waals surface area contributed by atoms with Crippen molar-refractivity contribution in [1.82, 2.24) is 9.97 Å². The van der Waals surface area contributed by atoms with Crippen molar-refractivity contribution in [3.63, 3.8) is 0 Å². The van der Waals surface area contributed by atoms with Crippen molar-refractivity contribution in [2.75, 3.05) is 23.9 Å². The third-order valence-electron chi connectivity index (χ3n) is 4.85. The monoisotopic (exact) mass is 360 g/mol. The standard InChI is InChI=1S/C22H24N4O/c1-16-14-21(23-15-18-9-4-6-12-20(18)27-2)25-22(24-16)26-13-7-10-17-8-3-5-11-19(17)26/h3-6,8-9,11-12,14H,7,10,13,15H2,1-2H3,(H,23,24,25). The first kappa shape index (κ1) is 17.3. The molecule has 0 unspecified atom stereocenters. The summed E-state index contributed by atoms with van der Waals surface area (Å²) in [5.41, 5.74) is 4.62. The Balaban J connectivity index is 1.59. The molecule has 4 rings (SSSR count). The van der Waals surface area contributed by atoms with Gasteiger partial charge in [-0.15, -0.1) is 0 Å². The van der Waals surface area contributed by atoms with E-state index in [1.54, 1.807) is 7.11 Å². The number of rotatable bonds is 5. The van der Waals surface area contributed by atoms with Crippen molar-refractivity contribution < 1.29 is 4.74 Å². The highest BCUT2D eigenvalue weighted by Gasteiger charge is 2.20. The summed E-state index contributed by atoms with van der Waals surface area (Å²) in [6.45, 7) is 3.60. The van der Waals surface area contributed by atoms with Crippen molar-refractivity contribution in [1.29, 1.82) is 0 Å². The molecule has 0 aliphatic carbocycles. The van der Waals surface area contributed by atoms with Gasteiger partial charge in [-0.1, -0.05) is 36.4 Å². The fourth-order valence-electron chi connectivity index (χ4n) is 3.54. The van der Waals surface area contributed by atoms with Crippen LogP contribution in [0.1, 0.15) is 23.2 Å². The summed E-state index contributed by atoms with van der Waals surface area (Å²) in [5.74, 6) is 2.46. The number of benzene rings is 2. The third kappa shape index (κ3) is 3.72. The summed E-state index contributed by atoms with van der Waals surface area (Å²) in [7, 11) is 1.69. The smallest absolute Gasteiger partial charge is 0.232 e. The van der Waals surface area contributed by atoms with E-state index in [2.05, 4.69) is 40.5 Å². The van der Waals surface area contributed by atoms with Crippen molar-refractivity contribution >= 4 is 17.5 Å². The fourth-order valence-corrected chi connectivity index (χ4v) is 3.54. The van der Waals surface area contributed by atoms with Gasteiger partial charge in [0.05, 0.1) is 7.11 Å². The number of ether oxygens (including phenoxy) is 1. The Bertz CT molecular complexity index is 941. The predicted molar refractivity (Wildman–Crippen MR) is 109 cm³/mol. The number of aryl methyl sites for hydroxylation is 2. The molecule has 1 aliphatic heterocycles. The minimum absolute atomic E-state index is 0.649. The molecule has 0 bridgehead atoms. The van der Waals surface area contributed by atoms with E-state index in [0.717, 1.165) is 48.2 Å². The van der Waals surface area contributed by atoms with Gasteiger partial charge in [0.25, 0.3) is 0 Å². The van der Waals surface area contributed by atoms with E-state index in [1.165, 1.54) is 11.3 Å². The van der Waals surface area contributed by atoms with Crippen LogP contribution in [0.15, 0.2) is 54.6 Å². The van der Waals surface area contributed by atoms with Gasteiger partial charge in [-0.3, -0.25) is 0 Å². The van der Waals surface area contributed by atoms with Gasteiger partial charge >= 0.3 is 0 Å². The predicted octanol–water partition coefficient (Wildman–Crippen LogP) is 4.49. The van der Waals surface area contributed by atoms with Crippen molar-refractivity contribution in [3.05, 3.63) is 71.4 Å². The molecule has 0 saturated carbocycles. The lowest BCUT2D eigenvalue weighted by atomic mass is 10.0. The zero-order chi connectivity index (χ0) is 18.6. The van der Waals surface area contributed by atoms with Crippen LogP contribution in [0.2, 0.25) is 0 Å². The average Bonchev–Trinajstić information content (AvgIpc) is 2.71. The maximum atomic E-state index is 5.43. The maximum absolute atomic E-state index is 5.43. The Morgan fingerprint density at radius 2 is 1.89 bits per heavy atom. The minimum Gasteiger partial charge on any atom is -0.496 e. The van der Waals surface area contributed by atoms with E-state index >= 15 is 0 Å². The van der Waals surface area contributed by atoms with E-state index in [4.69, 9.17) is 14.7 Å². The van der Waals surface area contributed by atoms with Crippen LogP contribution in [0.5, 0.6) is 5.75 Å². The summed E-state index contributed by atoms with van der Waals surface area (Å²) in [4.78, 5) is 11.7. The second-order valence-electron chi connectivity index (χ2n) is 6.74. The van der Waals surface area contributed by atoms with Crippen LogP contribution < -0.4 is 15.0 Å². The Hall–Kier alpha value is -3.08. The number of hydrogen-bond donors (Lipinski definition) is 1. The quantitative estimate of drug-likeness (QED) is 0.726. The lowest BCUT2D eigenvalue weighted by molar-refractivity contribution is 0.410. The largest absolute Gasteiger partial charge is 0.496 e. The van der Waals surface area contributed by atoms with E-state index in [9.17, 15) is 0 Å². The Kier molecular flexibility index (Phi) is 4.92. The average molecular weight is 360 g/mol. The van der Waals surface area contributed by atoms with Crippen molar-refractivity contribution in [3.8, 4) is 5.75 Å². The second kappa shape index (κ2) is 7.66. The number of para-hydroxylation sites is 2. The molecule has 0 fully saturated rings. The molecule has 1 N–H and O–H groups in total. The fraction of sp³-hybridized carbons (Fsp3) is 0.273. The lowest BCUT2D eigenvalue weighted by Gasteiger charge is -2.29. The molecule has 3 aromatic rings. The zero-order valence-corrected chi connectivity index (χ0v) is 15.8. The van der Waals surface area contributed by atoms with Gasteiger partial charge in [-0.2, -0.15) is 4.98 Å². The van der Waals surface area contributed by atoms with Crippen LogP contribution >= 0.6 is 0 Å². The van der Waals surface area contributed by atoms with E-state index in [0.29, 0.717) is 6.54 Å². The summed E-state index contributed by atoms with van der Waals surface area (Å²) >= 11 is 0. The van der Waals surface area contributed by atoms with Crippen LogP contribution in [0, 0.1) is 6.92 Å². The highest BCUT2D eigenvalue weighted by Crippen LogP contribution is 2.32. The number of hydrogen-bond acceptors (Lipinski definition) is 5. The zero-order valence-electron chi connectivity index (χ0n) is 15.8. The summed E-state index contributed by atoms with van der Waals surface area (Å²) < 4.78 is 5.43. The van der Waals surface area contributed by atoms with Crippen molar-refractivity contribution in [2.24, 2.45) is 0 Å². The van der Waals surface area contributed by atoms with Gasteiger partial charge in [0, 0.05) is 36.1 Å². The van der Waals surface area contributed by atoms with Crippen LogP contribution in [0.3, 0.4) is 0 Å². The van der Waals surface area contributed by atoms with Crippen LogP contribution in [-0.4, -0.2) is 23.6 Å². The molecule has 27 heavy (non-hydrogen) atoms. The van der Waals surface area contributed by atoms with Crippen molar-refractivity contribution in [2.45, 2.75) is 26.3 Å². The molecule has 0 atom stereocenters. The topological polar surface area (TPSA) is 50.3 Å². The van der Waals surface area contributed by atoms with Gasteiger partial charge in [0.1, 0.15) is 11.6 Å². The summed E-state index contributed by atoms with van der Waals surface area (Å²) in [5, 5.41) is 3.42. The Morgan fingerprint density at radius 1 is 1.07 bits per heavy atom. The van der Waals surface area contributed by atoms with Gasteiger partial charge < -0.3 is 15.0 Å². The normalized spacial score (nSPS) is 13.2. The number of aromatic nitrogens is 2. The lowest BCUT2D eigenvalue weighted by Crippen LogP contribution is -2.26. The minimum atomic E-state index is 0.649. The summed E-state index contributed by atoms with van der Waals surface area (Å²) in [6.07, 6.45) is 2.22. The van der Waals surface area contributed by atoms with E-state index in [-0.39, 0.29) is 0 Å². The number of nitrogens with one attached hydrogen (secondary N) is 1. The molecule has 5 heteroatoms. The molecule has 5 nitrogen and oxygen atoms in total. The Morgan fingerprint density at radius 3 is 2.78 bits per heavy atom. The molecule has 2 aromatic carbocycles. The summed E-state index contributed by atoms with van der Waals surface area (Å²) in [6, 6.07) is 18.5. The maximum Gasteiger partial charge on any atom is 0.232 e. The first-order valence-corrected chi connectivity index (χ1v) is 9.31. The number of nitrogens with zero attached hydrogens (tertiary/aromatic N) is 3. The molecule has 1 aliphatic rings. The molecule has 1 aromatic heterocycles. The van der Waals surface area contributed by atoms with Gasteiger partial charge in [-0.25, -0.2) is 4.98 Å². The third-order valence-corrected chi connectivity index (χ3v) is 4.85. The molecule has 0 radical (unpaired) electrons. The highest BCUT2D eigenvalue weighted by atomic mass is 16.5. The molecule has 0 spiro atoms. The highest BCUT2D eigenvalue weighted by molar-refractivity contribution is 5.64. The molecule has 138 valence electrons. The van der Waals surface area contributed by atoms with Gasteiger partial charge in [0.2, 0.25) is 5.95 Å². The number of methoxy groups -OCH3 is 1. The number of fused-ring (bicyclic) bond motifs is 1.